The minimum atomic E-state index is -4.72. The Balaban J connectivity index is 1.78. The summed E-state index contributed by atoms with van der Waals surface area (Å²) in [6.45, 7) is 2.48. The Morgan fingerprint density at radius 2 is 1.81 bits per heavy atom. The van der Waals surface area contributed by atoms with Crippen LogP contribution in [0.15, 0.2) is 41.0 Å². The number of ether oxygens (including phenoxy) is 1. The summed E-state index contributed by atoms with van der Waals surface area (Å²) < 4.78 is 48.7. The van der Waals surface area contributed by atoms with E-state index in [2.05, 4.69) is 15.2 Å². The number of benzene rings is 2. The molecule has 142 valence electrons. The number of rotatable bonds is 3. The summed E-state index contributed by atoms with van der Waals surface area (Å²) in [5.74, 6) is 0. The van der Waals surface area contributed by atoms with Crippen LogP contribution < -0.4 is 4.90 Å². The highest BCUT2D eigenvalue weighted by atomic mass is 19.4. The minimum absolute atomic E-state index is 0.216. The molecule has 0 aliphatic carbocycles. The monoisotopic (exact) mass is 379 g/mol. The van der Waals surface area contributed by atoms with Crippen molar-refractivity contribution in [3.8, 4) is 11.1 Å². The Labute approximate surface area is 152 Å². The molecule has 1 unspecified atom stereocenters. The van der Waals surface area contributed by atoms with Gasteiger partial charge in [0.2, 0.25) is 0 Å². The normalized spacial score (nSPS) is 16.7. The summed E-state index contributed by atoms with van der Waals surface area (Å²) in [6.07, 6.45) is -7.26. The van der Waals surface area contributed by atoms with Crippen molar-refractivity contribution in [1.82, 2.24) is 10.3 Å². The molecule has 1 aliphatic rings. The third-order valence-corrected chi connectivity index (χ3v) is 4.54. The van der Waals surface area contributed by atoms with Crippen molar-refractivity contribution in [2.75, 3.05) is 31.2 Å². The van der Waals surface area contributed by atoms with E-state index < -0.39 is 12.3 Å². The molecule has 2 heterocycles. The van der Waals surface area contributed by atoms with Gasteiger partial charge in [0.1, 0.15) is 5.52 Å². The molecule has 6 nitrogen and oxygen atoms in total. The third-order valence-electron chi connectivity index (χ3n) is 4.54. The lowest BCUT2D eigenvalue weighted by atomic mass is 9.99. The molecule has 0 bridgehead atoms. The molecular formula is C18H16F3N3O3. The molecule has 1 N–H and O–H groups in total. The summed E-state index contributed by atoms with van der Waals surface area (Å²) in [5, 5.41) is 17.4. The predicted octanol–water partition coefficient (Wildman–Crippen LogP) is 3.32. The number of aromatic nitrogens is 2. The van der Waals surface area contributed by atoms with Crippen LogP contribution in [0.1, 0.15) is 11.7 Å². The van der Waals surface area contributed by atoms with Gasteiger partial charge < -0.3 is 14.7 Å². The number of anilines is 1. The molecule has 1 saturated heterocycles. The van der Waals surface area contributed by atoms with E-state index in [0.29, 0.717) is 48.5 Å². The number of halogens is 3. The van der Waals surface area contributed by atoms with Crippen molar-refractivity contribution in [1.29, 1.82) is 0 Å². The lowest BCUT2D eigenvalue weighted by Crippen LogP contribution is -2.36. The summed E-state index contributed by atoms with van der Waals surface area (Å²) in [6, 6.07) is 9.30. The van der Waals surface area contributed by atoms with Crippen LogP contribution in [-0.2, 0) is 4.74 Å². The van der Waals surface area contributed by atoms with Gasteiger partial charge >= 0.3 is 6.18 Å². The van der Waals surface area contributed by atoms with Gasteiger partial charge in [-0.15, -0.1) is 0 Å². The average molecular weight is 379 g/mol. The first-order valence-corrected chi connectivity index (χ1v) is 8.37. The van der Waals surface area contributed by atoms with Gasteiger partial charge in [-0.25, -0.2) is 4.63 Å². The standard InChI is InChI=1S/C18H16F3N3O3/c19-18(20,21)17(25)12-3-1-2-11(8-12)13-9-14-16(23-27-22-14)15(10-13)24-4-6-26-7-5-24/h1-3,8-10,17,25H,4-7H2. The fraction of sp³-hybridized carbons (Fsp3) is 0.333. The largest absolute Gasteiger partial charge is 0.418 e. The Morgan fingerprint density at radius 3 is 2.56 bits per heavy atom. The molecule has 1 atom stereocenters. The van der Waals surface area contributed by atoms with Crippen molar-refractivity contribution in [2.24, 2.45) is 0 Å². The highest BCUT2D eigenvalue weighted by Crippen LogP contribution is 2.36. The van der Waals surface area contributed by atoms with E-state index in [4.69, 9.17) is 9.37 Å². The lowest BCUT2D eigenvalue weighted by Gasteiger charge is -2.29. The van der Waals surface area contributed by atoms with Crippen LogP contribution in [0.2, 0.25) is 0 Å². The molecule has 1 aliphatic heterocycles. The zero-order chi connectivity index (χ0) is 19.0. The van der Waals surface area contributed by atoms with Crippen LogP contribution >= 0.6 is 0 Å². The SMILES string of the molecule is OC(c1cccc(-c2cc(N3CCOCC3)c3nonc3c2)c1)C(F)(F)F. The number of aliphatic hydroxyl groups excluding tert-OH is 1. The number of morpholine rings is 1. The Bertz CT molecular complexity index is 952. The molecule has 2 aromatic carbocycles. The van der Waals surface area contributed by atoms with Crippen molar-refractivity contribution >= 4 is 16.7 Å². The Hall–Kier alpha value is -2.65. The van der Waals surface area contributed by atoms with Crippen LogP contribution in [0.5, 0.6) is 0 Å². The van der Waals surface area contributed by atoms with E-state index in [1.54, 1.807) is 12.1 Å². The van der Waals surface area contributed by atoms with Crippen LogP contribution in [0.4, 0.5) is 18.9 Å². The molecule has 3 aromatic rings. The van der Waals surface area contributed by atoms with Gasteiger partial charge in [-0.05, 0) is 45.2 Å². The van der Waals surface area contributed by atoms with E-state index in [0.717, 1.165) is 5.69 Å². The average Bonchev–Trinajstić information content (AvgIpc) is 3.15. The molecule has 0 amide bonds. The van der Waals surface area contributed by atoms with E-state index >= 15 is 0 Å². The zero-order valence-corrected chi connectivity index (χ0v) is 14.1. The first-order chi connectivity index (χ1) is 12.9. The van der Waals surface area contributed by atoms with Crippen molar-refractivity contribution in [2.45, 2.75) is 12.3 Å². The first-order valence-electron chi connectivity index (χ1n) is 8.37. The maximum atomic E-state index is 12.8. The second kappa shape index (κ2) is 6.82. The van der Waals surface area contributed by atoms with Gasteiger partial charge in [-0.1, -0.05) is 18.2 Å². The lowest BCUT2D eigenvalue weighted by molar-refractivity contribution is -0.206. The third kappa shape index (κ3) is 3.47. The van der Waals surface area contributed by atoms with Gasteiger partial charge in [-0.2, -0.15) is 13.2 Å². The highest BCUT2D eigenvalue weighted by Gasteiger charge is 2.39. The number of nitrogens with zero attached hydrogens (tertiary/aromatic N) is 3. The molecule has 0 radical (unpaired) electrons. The van der Waals surface area contributed by atoms with Gasteiger partial charge in [-0.3, -0.25) is 0 Å². The maximum Gasteiger partial charge on any atom is 0.418 e. The molecular weight excluding hydrogens is 363 g/mol. The number of hydrogen-bond donors (Lipinski definition) is 1. The Kier molecular flexibility index (Phi) is 4.48. The van der Waals surface area contributed by atoms with Gasteiger partial charge in [0.25, 0.3) is 0 Å². The summed E-state index contributed by atoms with van der Waals surface area (Å²) in [5.41, 5.74) is 2.87. The second-order valence-corrected chi connectivity index (χ2v) is 6.30. The highest BCUT2D eigenvalue weighted by molar-refractivity contribution is 5.92. The van der Waals surface area contributed by atoms with Crippen LogP contribution in [0.25, 0.3) is 22.2 Å². The molecule has 0 saturated carbocycles. The summed E-state index contributed by atoms with van der Waals surface area (Å²) in [7, 11) is 0. The van der Waals surface area contributed by atoms with E-state index in [1.807, 2.05) is 6.07 Å². The van der Waals surface area contributed by atoms with E-state index in [1.165, 1.54) is 18.2 Å². The molecule has 27 heavy (non-hydrogen) atoms. The maximum absolute atomic E-state index is 12.8. The zero-order valence-electron chi connectivity index (χ0n) is 14.1. The number of fused-ring (bicyclic) bond motifs is 1. The fourth-order valence-corrected chi connectivity index (χ4v) is 3.16. The van der Waals surface area contributed by atoms with Gasteiger partial charge in [0.05, 0.1) is 18.9 Å². The quantitative estimate of drug-likeness (QED) is 0.753. The second-order valence-electron chi connectivity index (χ2n) is 6.30. The molecule has 4 rings (SSSR count). The molecule has 9 heteroatoms. The number of aliphatic hydroxyl groups is 1. The first kappa shape index (κ1) is 17.7. The smallest absolute Gasteiger partial charge is 0.379 e. The molecule has 1 aromatic heterocycles. The van der Waals surface area contributed by atoms with Crippen molar-refractivity contribution in [3.63, 3.8) is 0 Å². The fourth-order valence-electron chi connectivity index (χ4n) is 3.16. The van der Waals surface area contributed by atoms with Crippen molar-refractivity contribution < 1.29 is 27.6 Å². The van der Waals surface area contributed by atoms with Gasteiger partial charge in [0.15, 0.2) is 11.6 Å². The summed E-state index contributed by atoms with van der Waals surface area (Å²) >= 11 is 0. The predicted molar refractivity (Wildman–Crippen MR) is 91.3 cm³/mol. The van der Waals surface area contributed by atoms with E-state index in [-0.39, 0.29) is 5.56 Å². The molecule has 1 fully saturated rings. The van der Waals surface area contributed by atoms with Crippen LogP contribution in [0, 0.1) is 0 Å². The summed E-state index contributed by atoms with van der Waals surface area (Å²) in [4.78, 5) is 2.08. The van der Waals surface area contributed by atoms with Crippen LogP contribution in [0.3, 0.4) is 0 Å². The topological polar surface area (TPSA) is 71.6 Å². The Morgan fingerprint density at radius 1 is 1.04 bits per heavy atom. The van der Waals surface area contributed by atoms with Gasteiger partial charge in [0, 0.05) is 13.1 Å². The van der Waals surface area contributed by atoms with Crippen LogP contribution in [-0.4, -0.2) is 47.9 Å². The number of alkyl halides is 3. The molecule has 0 spiro atoms. The number of hydrogen-bond acceptors (Lipinski definition) is 6. The van der Waals surface area contributed by atoms with Crippen molar-refractivity contribution in [3.05, 3.63) is 42.0 Å². The van der Waals surface area contributed by atoms with E-state index in [9.17, 15) is 18.3 Å². The minimum Gasteiger partial charge on any atom is -0.379 e.